The number of pyridine rings is 1. The Morgan fingerprint density at radius 2 is 1.58 bits per heavy atom. The first kappa shape index (κ1) is 24.0. The van der Waals surface area contributed by atoms with E-state index in [1.165, 1.54) is 0 Å². The number of nitrogens with zero attached hydrogens (tertiary/aromatic N) is 2. The summed E-state index contributed by atoms with van der Waals surface area (Å²) in [7, 11) is 1.78. The number of aromatic hydroxyl groups is 1. The zero-order chi connectivity index (χ0) is 23.5. The number of ether oxygens (including phenoxy) is 1. The molecule has 0 aliphatic carbocycles. The van der Waals surface area contributed by atoms with Crippen LogP contribution in [0.2, 0.25) is 0 Å². The maximum atomic E-state index is 13.2. The lowest BCUT2D eigenvalue weighted by molar-refractivity contribution is -0.149. The summed E-state index contributed by atoms with van der Waals surface area (Å²) >= 11 is 0. The molecule has 0 unspecified atom stereocenters. The van der Waals surface area contributed by atoms with Crippen molar-refractivity contribution in [3.8, 4) is 5.75 Å². The van der Waals surface area contributed by atoms with Crippen LogP contribution in [0.5, 0.6) is 5.75 Å². The van der Waals surface area contributed by atoms with Crippen molar-refractivity contribution in [2.24, 2.45) is 5.92 Å². The van der Waals surface area contributed by atoms with Gasteiger partial charge in [-0.1, -0.05) is 42.5 Å². The standard InChI is InChI=1S/C27H30N2O4/c1-29(18-15-21-5-3-2-4-6-21)27(32)24(10-7-22-8-11-25(30)12-9-22)19-26(31)33-20-23-13-16-28-17-14-23/h2-6,8-9,11-14,16-17,24,30H,7,10,15,18-20H2,1H3/t24-/m1/s1. The monoisotopic (exact) mass is 446 g/mol. The lowest BCUT2D eigenvalue weighted by Gasteiger charge is -2.24. The van der Waals surface area contributed by atoms with Gasteiger partial charge in [-0.15, -0.1) is 0 Å². The normalized spacial score (nSPS) is 11.5. The number of esters is 1. The first-order valence-corrected chi connectivity index (χ1v) is 11.1. The van der Waals surface area contributed by atoms with Crippen molar-refractivity contribution in [1.82, 2.24) is 9.88 Å². The van der Waals surface area contributed by atoms with Gasteiger partial charge >= 0.3 is 5.97 Å². The van der Waals surface area contributed by atoms with Crippen LogP contribution >= 0.6 is 0 Å². The van der Waals surface area contributed by atoms with Crippen LogP contribution in [-0.2, 0) is 33.8 Å². The molecule has 1 heterocycles. The molecule has 3 rings (SSSR count). The van der Waals surface area contributed by atoms with Crippen molar-refractivity contribution in [2.45, 2.75) is 32.3 Å². The summed E-state index contributed by atoms with van der Waals surface area (Å²) in [5.74, 6) is -0.742. The van der Waals surface area contributed by atoms with Gasteiger partial charge in [0.05, 0.1) is 6.42 Å². The number of hydrogen-bond donors (Lipinski definition) is 1. The van der Waals surface area contributed by atoms with E-state index in [1.54, 1.807) is 48.6 Å². The Morgan fingerprint density at radius 1 is 0.909 bits per heavy atom. The summed E-state index contributed by atoms with van der Waals surface area (Å²) in [6.07, 6.45) is 5.21. The molecule has 3 aromatic rings. The highest BCUT2D eigenvalue weighted by Crippen LogP contribution is 2.19. The average Bonchev–Trinajstić information content (AvgIpc) is 2.85. The topological polar surface area (TPSA) is 79.7 Å². The van der Waals surface area contributed by atoms with E-state index in [4.69, 9.17) is 4.74 Å². The first-order chi connectivity index (χ1) is 16.0. The van der Waals surface area contributed by atoms with E-state index in [0.717, 1.165) is 23.1 Å². The second-order valence-corrected chi connectivity index (χ2v) is 8.12. The number of phenols is 1. The summed E-state index contributed by atoms with van der Waals surface area (Å²) in [6, 6.07) is 20.5. The smallest absolute Gasteiger partial charge is 0.306 e. The minimum absolute atomic E-state index is 0.0255. The molecule has 6 nitrogen and oxygen atoms in total. The van der Waals surface area contributed by atoms with Gasteiger partial charge < -0.3 is 14.7 Å². The number of aromatic nitrogens is 1. The van der Waals surface area contributed by atoms with Crippen molar-refractivity contribution < 1.29 is 19.4 Å². The molecular weight excluding hydrogens is 416 g/mol. The molecule has 0 aliphatic rings. The van der Waals surface area contributed by atoms with Crippen molar-refractivity contribution in [3.63, 3.8) is 0 Å². The van der Waals surface area contributed by atoms with Gasteiger partial charge in [-0.3, -0.25) is 14.6 Å². The average molecular weight is 447 g/mol. The predicted molar refractivity (Wildman–Crippen MR) is 126 cm³/mol. The molecule has 0 aliphatic heterocycles. The number of likely N-dealkylation sites (N-methyl/N-ethyl adjacent to an activating group) is 1. The van der Waals surface area contributed by atoms with E-state index in [9.17, 15) is 14.7 Å². The fourth-order valence-corrected chi connectivity index (χ4v) is 3.58. The van der Waals surface area contributed by atoms with Crippen molar-refractivity contribution >= 4 is 11.9 Å². The van der Waals surface area contributed by atoms with Crippen LogP contribution in [0.25, 0.3) is 0 Å². The Hall–Kier alpha value is -3.67. The zero-order valence-electron chi connectivity index (χ0n) is 18.9. The van der Waals surface area contributed by atoms with Gasteiger partial charge in [-0.05, 0) is 60.2 Å². The lowest BCUT2D eigenvalue weighted by atomic mass is 9.95. The zero-order valence-corrected chi connectivity index (χ0v) is 18.9. The van der Waals surface area contributed by atoms with Crippen molar-refractivity contribution in [1.29, 1.82) is 0 Å². The number of aryl methyl sites for hydroxylation is 1. The molecule has 0 saturated carbocycles. The second kappa shape index (κ2) is 12.4. The molecule has 1 amide bonds. The number of hydrogen-bond acceptors (Lipinski definition) is 5. The molecule has 0 radical (unpaired) electrons. The number of rotatable bonds is 11. The Bertz CT molecular complexity index is 1010. The van der Waals surface area contributed by atoms with E-state index in [2.05, 4.69) is 4.98 Å². The van der Waals surface area contributed by atoms with Crippen LogP contribution < -0.4 is 0 Å². The Kier molecular flexibility index (Phi) is 9.00. The van der Waals surface area contributed by atoms with Crippen LogP contribution in [0.3, 0.4) is 0 Å². The van der Waals surface area contributed by atoms with Gasteiger partial charge in [0.15, 0.2) is 0 Å². The molecule has 6 heteroatoms. The van der Waals surface area contributed by atoms with Gasteiger partial charge in [0.25, 0.3) is 0 Å². The quantitative estimate of drug-likeness (QED) is 0.447. The summed E-state index contributed by atoms with van der Waals surface area (Å²) < 4.78 is 5.42. The summed E-state index contributed by atoms with van der Waals surface area (Å²) in [5.41, 5.74) is 3.02. The Balaban J connectivity index is 1.60. The third kappa shape index (κ3) is 8.07. The highest BCUT2D eigenvalue weighted by Gasteiger charge is 2.25. The number of phenolic OH excluding ortho intramolecular Hbond substituents is 1. The Morgan fingerprint density at radius 3 is 2.27 bits per heavy atom. The summed E-state index contributed by atoms with van der Waals surface area (Å²) in [4.78, 5) is 31.4. The highest BCUT2D eigenvalue weighted by molar-refractivity contribution is 5.83. The minimum Gasteiger partial charge on any atom is -0.508 e. The van der Waals surface area contributed by atoms with Gasteiger partial charge in [0.2, 0.25) is 5.91 Å². The Labute approximate surface area is 194 Å². The number of carbonyl (C=O) groups excluding carboxylic acids is 2. The van der Waals surface area contributed by atoms with Crippen molar-refractivity contribution in [3.05, 3.63) is 95.8 Å². The fourth-order valence-electron chi connectivity index (χ4n) is 3.58. The van der Waals surface area contributed by atoms with Crippen LogP contribution in [0.15, 0.2) is 79.1 Å². The third-order valence-electron chi connectivity index (χ3n) is 5.58. The van der Waals surface area contributed by atoms with Gasteiger partial charge in [-0.2, -0.15) is 0 Å². The first-order valence-electron chi connectivity index (χ1n) is 11.1. The molecule has 0 saturated heterocycles. The molecule has 2 aromatic carbocycles. The molecule has 1 aromatic heterocycles. The number of amides is 1. The summed E-state index contributed by atoms with van der Waals surface area (Å²) in [6.45, 7) is 0.731. The molecule has 1 atom stereocenters. The maximum absolute atomic E-state index is 13.2. The van der Waals surface area contributed by atoms with Crippen molar-refractivity contribution in [2.75, 3.05) is 13.6 Å². The van der Waals surface area contributed by atoms with Crippen LogP contribution in [-0.4, -0.2) is 40.5 Å². The summed E-state index contributed by atoms with van der Waals surface area (Å²) in [5, 5.41) is 9.49. The molecule has 1 N–H and O–H groups in total. The van der Waals surface area contributed by atoms with E-state index < -0.39 is 11.9 Å². The van der Waals surface area contributed by atoms with E-state index in [-0.39, 0.29) is 24.7 Å². The number of carbonyl (C=O) groups is 2. The van der Waals surface area contributed by atoms with Crippen LogP contribution in [0.4, 0.5) is 0 Å². The van der Waals surface area contributed by atoms with Gasteiger partial charge in [0, 0.05) is 31.9 Å². The van der Waals surface area contributed by atoms with Crippen LogP contribution in [0, 0.1) is 5.92 Å². The van der Waals surface area contributed by atoms with Crippen LogP contribution in [0.1, 0.15) is 29.5 Å². The predicted octanol–water partition coefficient (Wildman–Crippen LogP) is 4.17. The molecule has 33 heavy (non-hydrogen) atoms. The van der Waals surface area contributed by atoms with E-state index in [0.29, 0.717) is 19.4 Å². The SMILES string of the molecule is CN(CCc1ccccc1)C(=O)[C@H](CCc1ccc(O)cc1)CC(=O)OCc1ccncc1. The highest BCUT2D eigenvalue weighted by atomic mass is 16.5. The fraction of sp³-hybridized carbons (Fsp3) is 0.296. The largest absolute Gasteiger partial charge is 0.508 e. The third-order valence-corrected chi connectivity index (χ3v) is 5.58. The maximum Gasteiger partial charge on any atom is 0.306 e. The van der Waals surface area contributed by atoms with E-state index >= 15 is 0 Å². The van der Waals surface area contributed by atoms with Gasteiger partial charge in [-0.25, -0.2) is 0 Å². The van der Waals surface area contributed by atoms with Gasteiger partial charge in [0.1, 0.15) is 12.4 Å². The molecule has 0 spiro atoms. The number of benzene rings is 2. The molecule has 172 valence electrons. The molecular formula is C27H30N2O4. The lowest BCUT2D eigenvalue weighted by Crippen LogP contribution is -2.36. The second-order valence-electron chi connectivity index (χ2n) is 8.12. The molecule has 0 bridgehead atoms. The molecule has 0 fully saturated rings. The van der Waals surface area contributed by atoms with E-state index in [1.807, 2.05) is 42.5 Å². The minimum atomic E-state index is -0.482.